The molecule has 0 saturated carbocycles. The van der Waals surface area contributed by atoms with Crippen molar-refractivity contribution in [3.63, 3.8) is 0 Å². The van der Waals surface area contributed by atoms with Gasteiger partial charge in [-0.3, -0.25) is 0 Å². The molecule has 0 saturated heterocycles. The molecule has 1 aromatic heterocycles. The molecule has 1 aliphatic rings. The van der Waals surface area contributed by atoms with Gasteiger partial charge >= 0.3 is 0 Å². The molecule has 21 heavy (non-hydrogen) atoms. The molecular formula is C16H26N4O. The summed E-state index contributed by atoms with van der Waals surface area (Å²) in [5.74, 6) is 1.56. The number of rotatable bonds is 9. The topological polar surface area (TPSA) is 59.1 Å². The van der Waals surface area contributed by atoms with Gasteiger partial charge in [0.1, 0.15) is 5.82 Å². The van der Waals surface area contributed by atoms with E-state index in [-0.39, 0.29) is 0 Å². The Morgan fingerprint density at radius 3 is 3.00 bits per heavy atom. The third kappa shape index (κ3) is 6.12. The van der Waals surface area contributed by atoms with Crippen LogP contribution in [0.4, 0.5) is 11.8 Å². The second kappa shape index (κ2) is 9.34. The first-order chi connectivity index (χ1) is 10.4. The number of hydrogen-bond donors (Lipinski definition) is 2. The molecule has 1 aliphatic carbocycles. The minimum absolute atomic E-state index is 0.674. The first kappa shape index (κ1) is 15.8. The lowest BCUT2D eigenvalue weighted by atomic mass is 9.97. The van der Waals surface area contributed by atoms with Crippen LogP contribution < -0.4 is 10.6 Å². The fourth-order valence-electron chi connectivity index (χ4n) is 2.44. The highest BCUT2D eigenvalue weighted by Crippen LogP contribution is 2.19. The Kier molecular flexibility index (Phi) is 7.01. The van der Waals surface area contributed by atoms with Gasteiger partial charge in [-0.05, 0) is 44.6 Å². The summed E-state index contributed by atoms with van der Waals surface area (Å²) in [6.45, 7) is 2.51. The molecule has 0 bridgehead atoms. The molecule has 5 nitrogen and oxygen atoms in total. The number of aromatic nitrogens is 2. The second-order valence-electron chi connectivity index (χ2n) is 5.32. The van der Waals surface area contributed by atoms with Crippen molar-refractivity contribution in [2.75, 3.05) is 37.4 Å². The maximum Gasteiger partial charge on any atom is 0.224 e. The molecule has 0 amide bonds. The van der Waals surface area contributed by atoms with E-state index < -0.39 is 0 Å². The van der Waals surface area contributed by atoms with Gasteiger partial charge < -0.3 is 15.4 Å². The van der Waals surface area contributed by atoms with Gasteiger partial charge in [0.15, 0.2) is 0 Å². The molecule has 116 valence electrons. The first-order valence-electron chi connectivity index (χ1n) is 7.86. The number of methoxy groups -OCH3 is 1. The monoisotopic (exact) mass is 290 g/mol. The average Bonchev–Trinajstić information content (AvgIpc) is 2.53. The predicted octanol–water partition coefficient (Wildman–Crippen LogP) is 3.23. The Balaban J connectivity index is 1.71. The minimum atomic E-state index is 0.674. The number of nitrogens with zero attached hydrogens (tertiary/aromatic N) is 2. The van der Waals surface area contributed by atoms with Gasteiger partial charge in [-0.2, -0.15) is 4.98 Å². The van der Waals surface area contributed by atoms with E-state index in [1.165, 1.54) is 25.7 Å². The number of anilines is 2. The maximum absolute atomic E-state index is 5.02. The van der Waals surface area contributed by atoms with Gasteiger partial charge in [0.05, 0.1) is 0 Å². The molecule has 0 aromatic carbocycles. The van der Waals surface area contributed by atoms with Crippen molar-refractivity contribution in [1.29, 1.82) is 0 Å². The van der Waals surface area contributed by atoms with E-state index in [0.717, 1.165) is 38.4 Å². The maximum atomic E-state index is 5.02. The van der Waals surface area contributed by atoms with Crippen molar-refractivity contribution < 1.29 is 4.74 Å². The standard InChI is InChI=1S/C16H26N4O/c1-21-13-5-10-18-16-19-12-9-15(20-16)17-11-8-14-6-3-2-4-7-14/h6,9,12H,2-5,7-8,10-11,13H2,1H3,(H2,17,18,19,20). The molecule has 1 heterocycles. The lowest BCUT2D eigenvalue weighted by Crippen LogP contribution is -2.10. The molecule has 0 spiro atoms. The normalized spacial score (nSPS) is 14.6. The van der Waals surface area contributed by atoms with E-state index in [9.17, 15) is 0 Å². The lowest BCUT2D eigenvalue weighted by Gasteiger charge is -2.13. The van der Waals surface area contributed by atoms with Gasteiger partial charge in [-0.1, -0.05) is 11.6 Å². The Labute approximate surface area is 127 Å². The highest BCUT2D eigenvalue weighted by molar-refractivity contribution is 5.39. The van der Waals surface area contributed by atoms with Crippen LogP contribution in [0.15, 0.2) is 23.9 Å². The van der Waals surface area contributed by atoms with Gasteiger partial charge in [0.25, 0.3) is 0 Å². The number of allylic oxidation sites excluding steroid dienone is 1. The summed E-state index contributed by atoms with van der Waals surface area (Å²) < 4.78 is 5.02. The van der Waals surface area contributed by atoms with E-state index in [2.05, 4.69) is 26.7 Å². The van der Waals surface area contributed by atoms with Crippen LogP contribution in [-0.4, -0.2) is 36.8 Å². The minimum Gasteiger partial charge on any atom is -0.385 e. The van der Waals surface area contributed by atoms with Crippen molar-refractivity contribution in [3.05, 3.63) is 23.9 Å². The fraction of sp³-hybridized carbons (Fsp3) is 0.625. The van der Waals surface area contributed by atoms with Crippen molar-refractivity contribution in [3.8, 4) is 0 Å². The Morgan fingerprint density at radius 2 is 2.19 bits per heavy atom. The summed E-state index contributed by atoms with van der Waals surface area (Å²) in [4.78, 5) is 8.68. The summed E-state index contributed by atoms with van der Waals surface area (Å²) in [7, 11) is 1.71. The first-order valence-corrected chi connectivity index (χ1v) is 7.86. The van der Waals surface area contributed by atoms with Crippen molar-refractivity contribution in [2.45, 2.75) is 38.5 Å². The second-order valence-corrected chi connectivity index (χ2v) is 5.32. The van der Waals surface area contributed by atoms with Crippen LogP contribution >= 0.6 is 0 Å². The zero-order chi connectivity index (χ0) is 14.8. The lowest BCUT2D eigenvalue weighted by molar-refractivity contribution is 0.197. The molecule has 2 N–H and O–H groups in total. The zero-order valence-electron chi connectivity index (χ0n) is 12.9. The number of nitrogens with one attached hydrogen (secondary N) is 2. The van der Waals surface area contributed by atoms with Gasteiger partial charge in [-0.15, -0.1) is 0 Å². The molecule has 5 heteroatoms. The van der Waals surface area contributed by atoms with Crippen LogP contribution in [0.5, 0.6) is 0 Å². The van der Waals surface area contributed by atoms with Crippen LogP contribution in [0, 0.1) is 0 Å². The molecule has 2 rings (SSSR count). The molecule has 0 atom stereocenters. The van der Waals surface area contributed by atoms with Crippen LogP contribution in [0.2, 0.25) is 0 Å². The third-order valence-corrected chi connectivity index (χ3v) is 3.60. The summed E-state index contributed by atoms with van der Waals surface area (Å²) >= 11 is 0. The largest absolute Gasteiger partial charge is 0.385 e. The van der Waals surface area contributed by atoms with Gasteiger partial charge in [-0.25, -0.2) is 4.98 Å². The third-order valence-electron chi connectivity index (χ3n) is 3.60. The summed E-state index contributed by atoms with van der Waals surface area (Å²) in [5.41, 5.74) is 1.58. The highest BCUT2D eigenvalue weighted by Gasteiger charge is 2.04. The van der Waals surface area contributed by atoms with Crippen LogP contribution in [0.1, 0.15) is 38.5 Å². The van der Waals surface area contributed by atoms with Crippen molar-refractivity contribution >= 4 is 11.8 Å². The molecule has 0 aliphatic heterocycles. The van der Waals surface area contributed by atoms with Crippen LogP contribution in [-0.2, 0) is 4.74 Å². The SMILES string of the molecule is COCCCNc1nccc(NCCC2=CCCCC2)n1. The fourth-order valence-corrected chi connectivity index (χ4v) is 2.44. The molecule has 1 aromatic rings. The Bertz CT molecular complexity index is 448. The van der Waals surface area contributed by atoms with E-state index in [4.69, 9.17) is 4.74 Å². The van der Waals surface area contributed by atoms with Crippen LogP contribution in [0.25, 0.3) is 0 Å². The number of hydrogen-bond acceptors (Lipinski definition) is 5. The van der Waals surface area contributed by atoms with Crippen molar-refractivity contribution in [2.24, 2.45) is 0 Å². The van der Waals surface area contributed by atoms with E-state index >= 15 is 0 Å². The van der Waals surface area contributed by atoms with E-state index in [1.807, 2.05) is 6.07 Å². The Hall–Kier alpha value is -1.62. The van der Waals surface area contributed by atoms with Gasteiger partial charge in [0.2, 0.25) is 5.95 Å². The summed E-state index contributed by atoms with van der Waals surface area (Å²) in [6.07, 6.45) is 11.4. The van der Waals surface area contributed by atoms with Gasteiger partial charge in [0, 0.05) is 33.0 Å². The average molecular weight is 290 g/mol. The molecule has 0 unspecified atom stereocenters. The Morgan fingerprint density at radius 1 is 1.24 bits per heavy atom. The quantitative estimate of drug-likeness (QED) is 0.540. The summed E-state index contributed by atoms with van der Waals surface area (Å²) in [6, 6.07) is 1.91. The van der Waals surface area contributed by atoms with Crippen LogP contribution in [0.3, 0.4) is 0 Å². The summed E-state index contributed by atoms with van der Waals surface area (Å²) in [5, 5.41) is 6.58. The smallest absolute Gasteiger partial charge is 0.224 e. The zero-order valence-corrected chi connectivity index (χ0v) is 12.9. The number of ether oxygens (including phenoxy) is 1. The van der Waals surface area contributed by atoms with E-state index in [1.54, 1.807) is 18.9 Å². The van der Waals surface area contributed by atoms with E-state index in [0.29, 0.717) is 5.95 Å². The van der Waals surface area contributed by atoms with Crippen molar-refractivity contribution in [1.82, 2.24) is 9.97 Å². The molecule has 0 fully saturated rings. The predicted molar refractivity (Wildman–Crippen MR) is 86.7 cm³/mol. The molecular weight excluding hydrogens is 264 g/mol. The molecule has 0 radical (unpaired) electrons. The highest BCUT2D eigenvalue weighted by atomic mass is 16.5.